The number of hydrogen-bond acceptors (Lipinski definition) is 3. The van der Waals surface area contributed by atoms with Crippen LogP contribution >= 0.6 is 0 Å². The minimum atomic E-state index is -0.186. The highest BCUT2D eigenvalue weighted by atomic mass is 16.5. The van der Waals surface area contributed by atoms with Gasteiger partial charge in [-0.1, -0.05) is 24.3 Å². The van der Waals surface area contributed by atoms with Crippen LogP contribution in [0.5, 0.6) is 5.75 Å². The van der Waals surface area contributed by atoms with Crippen molar-refractivity contribution in [2.75, 3.05) is 17.2 Å². The first-order valence-corrected chi connectivity index (χ1v) is 7.03. The Morgan fingerprint density at radius 1 is 1.27 bits per heavy atom. The zero-order valence-electron chi connectivity index (χ0n) is 12.2. The number of carbonyl (C=O) groups excluding carboxylic acids is 2. The smallest absolute Gasteiger partial charge is 0.262 e. The number of ether oxygens (including phenoxy) is 1. The van der Waals surface area contributed by atoms with Gasteiger partial charge in [0.15, 0.2) is 6.61 Å². The topological polar surface area (TPSA) is 67.4 Å². The predicted octanol–water partition coefficient (Wildman–Crippen LogP) is 2.51. The number of nitrogens with one attached hydrogen (secondary N) is 2. The normalized spacial score (nSPS) is 12.9. The van der Waals surface area contributed by atoms with Crippen molar-refractivity contribution in [2.45, 2.75) is 13.3 Å². The average molecular weight is 296 g/mol. The van der Waals surface area contributed by atoms with Crippen molar-refractivity contribution in [3.63, 3.8) is 0 Å². The third-order valence-corrected chi connectivity index (χ3v) is 3.46. The lowest BCUT2D eigenvalue weighted by Gasteiger charge is -2.18. The Hall–Kier alpha value is -2.82. The van der Waals surface area contributed by atoms with Crippen molar-refractivity contribution < 1.29 is 14.3 Å². The van der Waals surface area contributed by atoms with Crippen LogP contribution in [0.4, 0.5) is 11.4 Å². The molecule has 0 radical (unpaired) electrons. The highest BCUT2D eigenvalue weighted by Gasteiger charge is 2.16. The highest BCUT2D eigenvalue weighted by molar-refractivity contribution is 5.96. The Bertz CT molecular complexity index is 740. The van der Waals surface area contributed by atoms with E-state index < -0.39 is 0 Å². The van der Waals surface area contributed by atoms with Crippen LogP contribution in [0.1, 0.15) is 11.1 Å². The van der Waals surface area contributed by atoms with Crippen LogP contribution in [0, 0.1) is 6.92 Å². The minimum Gasteiger partial charge on any atom is -0.482 e. The molecule has 0 fully saturated rings. The molecule has 0 bridgehead atoms. The number of aryl methyl sites for hydroxylation is 1. The molecule has 0 spiro atoms. The number of para-hydroxylation sites is 1. The Balaban J connectivity index is 1.71. The summed E-state index contributed by atoms with van der Waals surface area (Å²) in [4.78, 5) is 23.5. The molecule has 2 aromatic rings. The molecule has 0 unspecified atom stereocenters. The number of fused-ring (bicyclic) bond motifs is 1. The molecule has 3 rings (SSSR count). The van der Waals surface area contributed by atoms with E-state index in [1.807, 2.05) is 37.3 Å². The fourth-order valence-corrected chi connectivity index (χ4v) is 2.33. The van der Waals surface area contributed by atoms with Crippen molar-refractivity contribution in [3.8, 4) is 5.75 Å². The van der Waals surface area contributed by atoms with E-state index in [-0.39, 0.29) is 24.8 Å². The second-order valence-corrected chi connectivity index (χ2v) is 5.21. The van der Waals surface area contributed by atoms with Gasteiger partial charge in [-0.05, 0) is 36.2 Å². The molecular formula is C17H16N2O3. The molecule has 2 amide bonds. The molecule has 2 N–H and O–H groups in total. The molecule has 2 aromatic carbocycles. The van der Waals surface area contributed by atoms with Crippen molar-refractivity contribution in [1.82, 2.24) is 0 Å². The number of carbonyl (C=O) groups is 2. The fourth-order valence-electron chi connectivity index (χ4n) is 2.33. The third-order valence-electron chi connectivity index (χ3n) is 3.46. The van der Waals surface area contributed by atoms with E-state index in [2.05, 4.69) is 10.6 Å². The highest BCUT2D eigenvalue weighted by Crippen LogP contribution is 2.28. The molecule has 1 aliphatic heterocycles. The fraction of sp³-hybridized carbons (Fsp3) is 0.176. The van der Waals surface area contributed by atoms with Crippen LogP contribution < -0.4 is 15.4 Å². The molecule has 0 aliphatic carbocycles. The summed E-state index contributed by atoms with van der Waals surface area (Å²) in [6, 6.07) is 13.0. The molecule has 5 heteroatoms. The number of amides is 2. The van der Waals surface area contributed by atoms with Gasteiger partial charge in [0, 0.05) is 5.69 Å². The van der Waals surface area contributed by atoms with E-state index in [9.17, 15) is 9.59 Å². The van der Waals surface area contributed by atoms with E-state index in [4.69, 9.17) is 4.74 Å². The predicted molar refractivity (Wildman–Crippen MR) is 84.1 cm³/mol. The first-order chi connectivity index (χ1) is 10.6. The van der Waals surface area contributed by atoms with Gasteiger partial charge in [0.1, 0.15) is 5.75 Å². The van der Waals surface area contributed by atoms with Gasteiger partial charge in [0.2, 0.25) is 5.91 Å². The van der Waals surface area contributed by atoms with E-state index in [1.165, 1.54) is 0 Å². The Morgan fingerprint density at radius 3 is 2.91 bits per heavy atom. The summed E-state index contributed by atoms with van der Waals surface area (Å²) in [5.41, 5.74) is 3.25. The van der Waals surface area contributed by atoms with Gasteiger partial charge in [0.25, 0.3) is 5.91 Å². The molecule has 0 saturated carbocycles. The maximum Gasteiger partial charge on any atom is 0.262 e. The molecule has 112 valence electrons. The van der Waals surface area contributed by atoms with Crippen molar-refractivity contribution in [3.05, 3.63) is 53.6 Å². The largest absolute Gasteiger partial charge is 0.482 e. The van der Waals surface area contributed by atoms with Crippen molar-refractivity contribution >= 4 is 23.2 Å². The SMILES string of the molecule is Cc1ccccc1NC(=O)Cc1ccc2c(c1)NC(=O)CO2. The van der Waals surface area contributed by atoms with Gasteiger partial charge in [-0.25, -0.2) is 0 Å². The van der Waals surface area contributed by atoms with E-state index in [0.717, 1.165) is 16.8 Å². The monoisotopic (exact) mass is 296 g/mol. The standard InChI is InChI=1S/C17H16N2O3/c1-11-4-2-3-5-13(11)18-16(20)9-12-6-7-15-14(8-12)19-17(21)10-22-15/h2-8H,9-10H2,1H3,(H,18,20)(H,19,21). The van der Waals surface area contributed by atoms with Gasteiger partial charge in [-0.15, -0.1) is 0 Å². The number of benzene rings is 2. The lowest BCUT2D eigenvalue weighted by Crippen LogP contribution is -2.25. The van der Waals surface area contributed by atoms with Crippen molar-refractivity contribution in [2.24, 2.45) is 0 Å². The lowest BCUT2D eigenvalue weighted by atomic mass is 10.1. The summed E-state index contributed by atoms with van der Waals surface area (Å²) >= 11 is 0. The molecule has 1 aliphatic rings. The summed E-state index contributed by atoms with van der Waals surface area (Å²) in [6.45, 7) is 1.97. The average Bonchev–Trinajstić information content (AvgIpc) is 2.49. The zero-order valence-corrected chi connectivity index (χ0v) is 12.2. The molecule has 5 nitrogen and oxygen atoms in total. The van der Waals surface area contributed by atoms with Gasteiger partial charge in [-0.2, -0.15) is 0 Å². The zero-order chi connectivity index (χ0) is 15.5. The first kappa shape index (κ1) is 14.1. The van der Waals surface area contributed by atoms with Gasteiger partial charge < -0.3 is 15.4 Å². The Labute approximate surface area is 128 Å². The van der Waals surface area contributed by atoms with Crippen LogP contribution in [0.25, 0.3) is 0 Å². The summed E-state index contributed by atoms with van der Waals surface area (Å²) in [6.07, 6.45) is 0.234. The second kappa shape index (κ2) is 5.89. The van der Waals surface area contributed by atoms with E-state index in [0.29, 0.717) is 11.4 Å². The van der Waals surface area contributed by atoms with Crippen LogP contribution in [0.2, 0.25) is 0 Å². The molecule has 0 saturated heterocycles. The van der Waals surface area contributed by atoms with Gasteiger partial charge in [-0.3, -0.25) is 9.59 Å². The number of anilines is 2. The first-order valence-electron chi connectivity index (χ1n) is 7.03. The van der Waals surface area contributed by atoms with Gasteiger partial charge in [0.05, 0.1) is 12.1 Å². The summed E-state index contributed by atoms with van der Waals surface area (Å²) in [5, 5.41) is 5.63. The molecule has 0 atom stereocenters. The van der Waals surface area contributed by atoms with Crippen LogP contribution in [-0.2, 0) is 16.0 Å². The maximum absolute atomic E-state index is 12.1. The quantitative estimate of drug-likeness (QED) is 0.914. The minimum absolute atomic E-state index is 0.0279. The molecule has 22 heavy (non-hydrogen) atoms. The lowest BCUT2D eigenvalue weighted by molar-refractivity contribution is -0.118. The van der Waals surface area contributed by atoms with Crippen LogP contribution in [0.3, 0.4) is 0 Å². The molecular weight excluding hydrogens is 280 g/mol. The summed E-state index contributed by atoms with van der Waals surface area (Å²) in [7, 11) is 0. The van der Waals surface area contributed by atoms with E-state index in [1.54, 1.807) is 12.1 Å². The van der Waals surface area contributed by atoms with E-state index >= 15 is 0 Å². The second-order valence-electron chi connectivity index (χ2n) is 5.21. The molecule has 1 heterocycles. The van der Waals surface area contributed by atoms with Gasteiger partial charge >= 0.3 is 0 Å². The third kappa shape index (κ3) is 3.09. The number of hydrogen-bond donors (Lipinski definition) is 2. The summed E-state index contributed by atoms with van der Waals surface area (Å²) < 4.78 is 5.29. The maximum atomic E-state index is 12.1. The molecule has 0 aromatic heterocycles. The number of rotatable bonds is 3. The summed E-state index contributed by atoms with van der Waals surface area (Å²) in [5.74, 6) is 0.342. The Kier molecular flexibility index (Phi) is 3.78. The van der Waals surface area contributed by atoms with Crippen LogP contribution in [-0.4, -0.2) is 18.4 Å². The van der Waals surface area contributed by atoms with Crippen molar-refractivity contribution in [1.29, 1.82) is 0 Å². The Morgan fingerprint density at radius 2 is 2.09 bits per heavy atom. The van der Waals surface area contributed by atoms with Crippen LogP contribution in [0.15, 0.2) is 42.5 Å².